The minimum Gasteiger partial charge on any atom is -0.481 e. The predicted octanol–water partition coefficient (Wildman–Crippen LogP) is -4.38. The summed E-state index contributed by atoms with van der Waals surface area (Å²) in [6, 6.07) is -1.10. The van der Waals surface area contributed by atoms with Crippen molar-refractivity contribution in [2.24, 2.45) is 28.3 Å². The van der Waals surface area contributed by atoms with Gasteiger partial charge in [0.2, 0.25) is 82.7 Å². The Labute approximate surface area is 637 Å². The molecule has 2 aromatic carbocycles. The van der Waals surface area contributed by atoms with Crippen LogP contribution in [0.25, 0.3) is 0 Å². The van der Waals surface area contributed by atoms with E-state index in [2.05, 4.69) is 83.4 Å². The first kappa shape index (κ1) is 87.3. The van der Waals surface area contributed by atoms with Crippen LogP contribution in [0.1, 0.15) is 116 Å². The van der Waals surface area contributed by atoms with Crippen molar-refractivity contribution >= 4 is 120 Å². The first-order valence-corrected chi connectivity index (χ1v) is 37.8. The van der Waals surface area contributed by atoms with Crippen LogP contribution in [0.3, 0.4) is 0 Å². The van der Waals surface area contributed by atoms with Crippen LogP contribution in [-0.4, -0.2) is 272 Å². The average Bonchev–Trinajstić information content (AvgIpc) is 1.63. The quantitative estimate of drug-likeness (QED) is 0.0273. The highest BCUT2D eigenvalue weighted by Crippen LogP contribution is 2.28. The maximum absolute atomic E-state index is 14.9. The van der Waals surface area contributed by atoms with E-state index < -0.39 is 211 Å². The Morgan fingerprint density at radius 2 is 0.991 bits per heavy atom. The third-order valence-corrected chi connectivity index (χ3v) is 20.2. The van der Waals surface area contributed by atoms with Crippen molar-refractivity contribution in [3.05, 3.63) is 71.8 Å². The zero-order valence-corrected chi connectivity index (χ0v) is 63.2. The third-order valence-electron chi connectivity index (χ3n) is 19.6. The number of amides is 14. The van der Waals surface area contributed by atoms with Crippen molar-refractivity contribution in [3.63, 3.8) is 0 Å². The zero-order chi connectivity index (χ0) is 79.5. The number of hydrogen-bond donors (Lipinski definition) is 17. The fourth-order valence-electron chi connectivity index (χ4n) is 13.3. The summed E-state index contributed by atoms with van der Waals surface area (Å²) in [5.74, 6) is -16.2. The van der Waals surface area contributed by atoms with Gasteiger partial charge in [0.05, 0.1) is 32.2 Å². The normalized spacial score (nSPS) is 26.8. The number of aliphatic hydroxyl groups is 2. The molecule has 6 rings (SSSR count). The Kier molecular flexibility index (Phi) is 34.6. The first-order valence-electron chi connectivity index (χ1n) is 36.5. The van der Waals surface area contributed by atoms with Crippen molar-refractivity contribution in [2.45, 2.75) is 197 Å². The van der Waals surface area contributed by atoms with Crippen LogP contribution in [-0.2, 0) is 84.8 Å². The average molecular weight is 1550 g/mol. The summed E-state index contributed by atoms with van der Waals surface area (Å²) in [7, 11) is 0. The second kappa shape index (κ2) is 42.8. The summed E-state index contributed by atoms with van der Waals surface area (Å²) in [6.45, 7) is 5.43. The molecule has 17 N–H and O–H groups in total. The van der Waals surface area contributed by atoms with E-state index in [1.165, 1.54) is 19.6 Å². The molecule has 14 amide bonds. The van der Waals surface area contributed by atoms with Crippen LogP contribution >= 0.6 is 25.3 Å². The van der Waals surface area contributed by atoms with Gasteiger partial charge in [0.15, 0.2) is 5.96 Å². The molecular weight excluding hydrogens is 1440 g/mol. The molecule has 4 saturated heterocycles. The number of rotatable bonds is 19. The molecule has 0 unspecified atom stereocenters. The fraction of sp³-hybridized carbons (Fsp3) is 0.606. The summed E-state index contributed by atoms with van der Waals surface area (Å²) in [6.07, 6.45) is -1.33. The number of aliphatic hydroxyl groups excluding tert-OH is 2. The molecule has 0 aromatic heterocycles. The van der Waals surface area contributed by atoms with E-state index in [4.69, 9.17) is 11.5 Å². The Balaban J connectivity index is 1.36. The second-order valence-electron chi connectivity index (χ2n) is 27.5. The van der Waals surface area contributed by atoms with Crippen LogP contribution < -0.4 is 64.6 Å². The zero-order valence-electron chi connectivity index (χ0n) is 61.4. The first-order chi connectivity index (χ1) is 51.4. The number of nitrogens with zero attached hydrogens (tertiary/aromatic N) is 5. The summed E-state index contributed by atoms with van der Waals surface area (Å²) < 4.78 is 0. The Morgan fingerprint density at radius 3 is 1.53 bits per heavy atom. The Bertz CT molecular complexity index is 3540. The van der Waals surface area contributed by atoms with E-state index >= 15 is 0 Å². The van der Waals surface area contributed by atoms with Gasteiger partial charge in [-0.1, -0.05) is 101 Å². The number of carbonyl (C=O) groups excluding carboxylic acids is 14. The molecular formula is C71H105N17O18S2. The van der Waals surface area contributed by atoms with Crippen LogP contribution in [0.15, 0.2) is 65.7 Å². The van der Waals surface area contributed by atoms with E-state index in [1.54, 1.807) is 88.4 Å². The van der Waals surface area contributed by atoms with E-state index in [0.717, 1.165) is 6.92 Å². The molecule has 108 heavy (non-hydrogen) atoms. The Hall–Kier alpha value is -9.62. The van der Waals surface area contributed by atoms with Crippen molar-refractivity contribution in [3.8, 4) is 0 Å². The summed E-state index contributed by atoms with van der Waals surface area (Å²) in [5.41, 5.74) is 12.1. The molecule has 0 aliphatic carbocycles. The predicted molar refractivity (Wildman–Crippen MR) is 399 cm³/mol. The number of guanidine groups is 1. The molecule has 0 bridgehead atoms. The van der Waals surface area contributed by atoms with Crippen molar-refractivity contribution in [1.29, 1.82) is 0 Å². The lowest BCUT2D eigenvalue weighted by molar-refractivity contribution is -0.149. The monoisotopic (exact) mass is 1550 g/mol. The SMILES string of the molecule is CC[C@H](C)[C@@H]1NC(=O)[C@@H]2CCCN2C(=O)[C@@H]2CCCN2C(=O)[C@H]([C@@H](C)CC)NC(=O)[C@H](CO)NC(=O)[C@H](Cc2ccccc2)NC(=O)[C@H]([C@@H](C)O)NC(=O)[C@H](CS)NC(=O)[C@H](CCCN=C(N)N)NC(=O)CNC(=O)[C@H](CC(=O)O)NC(=O)[C@@H]2CCCN2C(=O)[C@H](Cc2ccccc2)NC(=O)CN(CCS)C1=O. The number of nitrogens with two attached hydrogens (primary N) is 2. The van der Waals surface area contributed by atoms with Gasteiger partial charge < -0.3 is 99.6 Å². The Morgan fingerprint density at radius 1 is 0.528 bits per heavy atom. The molecule has 4 heterocycles. The second-order valence-corrected chi connectivity index (χ2v) is 28.3. The molecule has 0 spiro atoms. The lowest BCUT2D eigenvalue weighted by Gasteiger charge is -2.35. The minimum absolute atomic E-state index is 0.0209. The molecule has 15 atom stereocenters. The number of benzene rings is 2. The molecule has 0 saturated carbocycles. The van der Waals surface area contributed by atoms with Gasteiger partial charge in [-0.3, -0.25) is 76.9 Å². The standard InChI is InChI=1S/C71H105N17O18S2/c1-6-39(3)56-69(105)85(30-31-107)36-54(92)77-47(33-43-20-12-9-13-21-43)67(103)86-27-15-23-50(86)64(100)78-46(34-55(93)94)59(95)75-35-53(91)76-44(22-14-26-74-71(72)73)60(96)81-49(38-108)63(99)84-58(41(5)90)66(102)79-45(32-42-18-10-8-11-19-42)61(97)80-48(37-89)62(98)82-57(40(4)7-2)70(106)88-29-17-25-52(88)68(104)87-28-16-24-51(87)65(101)83-56/h8-13,18-21,39-41,44-52,56-58,89-90,107-108H,6-7,14-17,22-38H2,1-5H3,(H,75,95)(H,76,91)(H,77,92)(H,78,100)(H,79,102)(H,80,97)(H,81,96)(H,82,98)(H,83,101)(H,84,99)(H,93,94)(H4,72,73,74)/t39-,40-,41+,44-,45-,46-,47-,48-,49-,50-,51-,52-,56-,57-,58-/m0/s1. The number of aliphatic imine (C=N–C) groups is 1. The number of aliphatic carboxylic acids is 1. The summed E-state index contributed by atoms with van der Waals surface area (Å²) >= 11 is 8.65. The maximum atomic E-state index is 14.9. The number of hydrogen-bond acceptors (Lipinski definition) is 20. The van der Waals surface area contributed by atoms with Gasteiger partial charge in [0, 0.05) is 57.1 Å². The van der Waals surface area contributed by atoms with Crippen LogP contribution in [0, 0.1) is 11.8 Å². The molecule has 4 fully saturated rings. The highest BCUT2D eigenvalue weighted by Gasteiger charge is 2.47. The van der Waals surface area contributed by atoms with Gasteiger partial charge in [-0.2, -0.15) is 25.3 Å². The number of nitrogens with one attached hydrogen (secondary N) is 10. The van der Waals surface area contributed by atoms with Gasteiger partial charge in [-0.25, -0.2) is 0 Å². The van der Waals surface area contributed by atoms with Gasteiger partial charge in [-0.15, -0.1) is 0 Å². The lowest BCUT2D eigenvalue weighted by Crippen LogP contribution is -2.63. The van der Waals surface area contributed by atoms with Crippen molar-refractivity contribution < 1.29 is 87.2 Å². The molecule has 35 nitrogen and oxygen atoms in total. The largest absolute Gasteiger partial charge is 0.481 e. The van der Waals surface area contributed by atoms with Gasteiger partial charge in [0.1, 0.15) is 72.5 Å². The molecule has 37 heteroatoms. The number of carboxylic acid groups (broad SMARTS) is 1. The number of fused-ring (bicyclic) bond motifs is 3. The summed E-state index contributed by atoms with van der Waals surface area (Å²) in [5, 5.41) is 56.9. The maximum Gasteiger partial charge on any atom is 0.305 e. The van der Waals surface area contributed by atoms with Crippen molar-refractivity contribution in [2.75, 3.05) is 63.9 Å². The molecule has 2 aromatic rings. The highest BCUT2D eigenvalue weighted by atomic mass is 32.1. The number of carboxylic acids is 1. The summed E-state index contributed by atoms with van der Waals surface area (Å²) in [4.78, 5) is 223. The lowest BCUT2D eigenvalue weighted by atomic mass is 9.96. The highest BCUT2D eigenvalue weighted by molar-refractivity contribution is 7.80. The smallest absolute Gasteiger partial charge is 0.305 e. The van der Waals surface area contributed by atoms with E-state index in [-0.39, 0.29) is 95.8 Å². The van der Waals surface area contributed by atoms with Crippen molar-refractivity contribution in [1.82, 2.24) is 72.8 Å². The third kappa shape index (κ3) is 25.0. The van der Waals surface area contributed by atoms with E-state index in [0.29, 0.717) is 36.8 Å². The number of carbonyl (C=O) groups is 15. The van der Waals surface area contributed by atoms with E-state index in [1.807, 2.05) is 0 Å². The van der Waals surface area contributed by atoms with Crippen LogP contribution in [0.4, 0.5) is 0 Å². The molecule has 4 aliphatic rings. The van der Waals surface area contributed by atoms with E-state index in [9.17, 15) is 87.2 Å². The molecule has 0 radical (unpaired) electrons. The van der Waals surface area contributed by atoms with Crippen LogP contribution in [0.2, 0.25) is 0 Å². The molecule has 594 valence electrons. The van der Waals surface area contributed by atoms with Gasteiger partial charge >= 0.3 is 5.97 Å². The number of thiol groups is 2. The van der Waals surface area contributed by atoms with Gasteiger partial charge in [0.25, 0.3) is 0 Å². The van der Waals surface area contributed by atoms with Crippen LogP contribution in [0.5, 0.6) is 0 Å². The van der Waals surface area contributed by atoms with Gasteiger partial charge in [-0.05, 0) is 81.3 Å². The molecule has 4 aliphatic heterocycles. The minimum atomic E-state index is -1.87. The fourth-order valence-corrected chi connectivity index (χ4v) is 13.8. The topological polar surface area (TPSA) is 514 Å².